The maximum absolute atomic E-state index is 13.8. The van der Waals surface area contributed by atoms with Gasteiger partial charge in [0.1, 0.15) is 0 Å². The van der Waals surface area contributed by atoms with Crippen LogP contribution in [-0.2, 0) is 0 Å². The molecule has 5 atom stereocenters. The summed E-state index contributed by atoms with van der Waals surface area (Å²) in [6.07, 6.45) is -5.87. The monoisotopic (exact) mass is 246 g/mol. The van der Waals surface area contributed by atoms with Crippen LogP contribution in [0.2, 0.25) is 0 Å². The lowest BCUT2D eigenvalue weighted by Crippen LogP contribution is -2.62. The highest BCUT2D eigenvalue weighted by molar-refractivity contribution is 5.19. The molecule has 0 heterocycles. The highest BCUT2D eigenvalue weighted by atomic mass is 19.4. The summed E-state index contributed by atoms with van der Waals surface area (Å²) < 4.78 is 78.5. The molecule has 0 aromatic rings. The van der Waals surface area contributed by atoms with Crippen LogP contribution in [0.4, 0.5) is 26.3 Å². The molecule has 0 aromatic carbocycles. The summed E-state index contributed by atoms with van der Waals surface area (Å²) in [5, 5.41) is 0. The lowest BCUT2D eigenvalue weighted by Gasteiger charge is -2.43. The molecule has 0 aromatic heterocycles. The van der Waals surface area contributed by atoms with Crippen LogP contribution in [0.3, 0.4) is 0 Å². The molecule has 0 aliphatic heterocycles. The first-order valence-corrected chi connectivity index (χ1v) is 5.18. The number of halogens is 6. The summed E-state index contributed by atoms with van der Waals surface area (Å²) in [7, 11) is 0. The third kappa shape index (κ3) is 1.03. The Bertz CT molecular complexity index is 309. The normalized spacial score (nSPS) is 51.0. The van der Waals surface area contributed by atoms with Crippen LogP contribution >= 0.6 is 0 Å². The summed E-state index contributed by atoms with van der Waals surface area (Å²) in [6.45, 7) is 2.89. The molecule has 0 N–H and O–H groups in total. The van der Waals surface area contributed by atoms with Gasteiger partial charge in [-0.3, -0.25) is 0 Å². The van der Waals surface area contributed by atoms with Crippen molar-refractivity contribution in [2.45, 2.75) is 38.0 Å². The lowest BCUT2D eigenvalue weighted by atomic mass is 9.71. The average molecular weight is 246 g/mol. The van der Waals surface area contributed by atoms with Gasteiger partial charge in [0, 0.05) is 11.8 Å². The van der Waals surface area contributed by atoms with Gasteiger partial charge >= 0.3 is 6.18 Å². The quantitative estimate of drug-likeness (QED) is 0.570. The fourth-order valence-corrected chi connectivity index (χ4v) is 3.35. The van der Waals surface area contributed by atoms with Crippen molar-refractivity contribution in [3.63, 3.8) is 0 Å². The van der Waals surface area contributed by atoms with Crippen LogP contribution in [-0.4, -0.2) is 17.8 Å². The molecule has 6 heteroatoms. The van der Waals surface area contributed by atoms with Crippen LogP contribution in [0, 0.1) is 23.7 Å². The molecule has 0 amide bonds. The Morgan fingerprint density at radius 3 is 1.75 bits per heavy atom. The molecule has 2 aliphatic rings. The van der Waals surface area contributed by atoms with Crippen molar-refractivity contribution >= 4 is 0 Å². The van der Waals surface area contributed by atoms with Gasteiger partial charge in [0.15, 0.2) is 0 Å². The summed E-state index contributed by atoms with van der Waals surface area (Å²) in [6, 6.07) is 0. The molecule has 94 valence electrons. The van der Waals surface area contributed by atoms with E-state index in [1.165, 1.54) is 13.8 Å². The summed E-state index contributed by atoms with van der Waals surface area (Å²) in [4.78, 5) is 0. The molecule has 0 nitrogen and oxygen atoms in total. The molecule has 0 radical (unpaired) electrons. The molecule has 2 bridgehead atoms. The van der Waals surface area contributed by atoms with E-state index in [0.717, 1.165) is 0 Å². The Kier molecular flexibility index (Phi) is 2.17. The number of fused-ring (bicyclic) bond motifs is 2. The van der Waals surface area contributed by atoms with Crippen molar-refractivity contribution in [3.05, 3.63) is 0 Å². The van der Waals surface area contributed by atoms with Gasteiger partial charge in [0.05, 0.1) is 0 Å². The molecule has 0 saturated heterocycles. The van der Waals surface area contributed by atoms with E-state index in [1.807, 2.05) is 0 Å². The fraction of sp³-hybridized carbons (Fsp3) is 1.00. The maximum atomic E-state index is 13.8. The van der Waals surface area contributed by atoms with Gasteiger partial charge in [-0.05, 0) is 18.3 Å². The molecule has 16 heavy (non-hydrogen) atoms. The van der Waals surface area contributed by atoms with Crippen LogP contribution in [0.1, 0.15) is 20.3 Å². The molecule has 2 saturated carbocycles. The molecular formula is C10H12F6. The minimum Gasteiger partial charge on any atom is -0.227 e. The fourth-order valence-electron chi connectivity index (χ4n) is 3.35. The maximum Gasteiger partial charge on any atom is 0.428 e. The first-order valence-electron chi connectivity index (χ1n) is 5.18. The Labute approximate surface area is 89.0 Å². The molecule has 0 spiro atoms. The zero-order valence-corrected chi connectivity index (χ0v) is 8.78. The van der Waals surface area contributed by atoms with Crippen molar-refractivity contribution < 1.29 is 26.3 Å². The largest absolute Gasteiger partial charge is 0.428 e. The second kappa shape index (κ2) is 2.88. The van der Waals surface area contributed by atoms with Gasteiger partial charge in [-0.2, -0.15) is 13.2 Å². The minimum atomic E-state index is -5.50. The standard InChI is InChI=1S/C10H12F6/c1-4-5(2)7-3-6(4)8(11,9(7,12)13)10(14,15)16/h4-7H,3H2,1-2H3. The minimum absolute atomic E-state index is 0.370. The van der Waals surface area contributed by atoms with Gasteiger partial charge in [0.25, 0.3) is 11.6 Å². The predicted octanol–water partition coefficient (Wildman–Crippen LogP) is 3.81. The van der Waals surface area contributed by atoms with Crippen molar-refractivity contribution in [1.82, 2.24) is 0 Å². The Hall–Kier alpha value is -0.420. The van der Waals surface area contributed by atoms with Gasteiger partial charge in [-0.15, -0.1) is 0 Å². The first-order chi connectivity index (χ1) is 7.05. The Balaban J connectivity index is 2.50. The van der Waals surface area contributed by atoms with E-state index in [1.54, 1.807) is 0 Å². The van der Waals surface area contributed by atoms with Gasteiger partial charge < -0.3 is 0 Å². The molecular weight excluding hydrogens is 234 g/mol. The predicted molar refractivity (Wildman–Crippen MR) is 44.8 cm³/mol. The zero-order valence-electron chi connectivity index (χ0n) is 8.78. The molecule has 5 unspecified atom stereocenters. The summed E-state index contributed by atoms with van der Waals surface area (Å²) >= 11 is 0. The second-order valence-electron chi connectivity index (χ2n) is 5.00. The average Bonchev–Trinajstić information content (AvgIpc) is 2.50. The molecule has 2 rings (SSSR count). The SMILES string of the molecule is CC1C(C)C2CC1C(F)(F)C2(F)C(F)(F)F. The number of rotatable bonds is 0. The highest BCUT2D eigenvalue weighted by Gasteiger charge is 2.84. The highest BCUT2D eigenvalue weighted by Crippen LogP contribution is 2.69. The Morgan fingerprint density at radius 1 is 0.938 bits per heavy atom. The van der Waals surface area contributed by atoms with Gasteiger partial charge in [0.2, 0.25) is 0 Å². The first kappa shape index (κ1) is 12.0. The zero-order chi connectivity index (χ0) is 12.5. The van der Waals surface area contributed by atoms with Gasteiger partial charge in [-0.1, -0.05) is 13.8 Å². The summed E-state index contributed by atoms with van der Waals surface area (Å²) in [5.74, 6) is -8.61. The lowest BCUT2D eigenvalue weighted by molar-refractivity contribution is -0.327. The van der Waals surface area contributed by atoms with E-state index in [-0.39, 0.29) is 6.42 Å². The van der Waals surface area contributed by atoms with Crippen molar-refractivity contribution in [3.8, 4) is 0 Å². The molecule has 2 aliphatic carbocycles. The number of hydrogen-bond acceptors (Lipinski definition) is 0. The second-order valence-corrected chi connectivity index (χ2v) is 5.00. The van der Waals surface area contributed by atoms with E-state index >= 15 is 0 Å². The van der Waals surface area contributed by atoms with Crippen LogP contribution in [0.25, 0.3) is 0 Å². The number of hydrogen-bond donors (Lipinski definition) is 0. The molecule has 2 fully saturated rings. The van der Waals surface area contributed by atoms with E-state index in [4.69, 9.17) is 0 Å². The smallest absolute Gasteiger partial charge is 0.227 e. The van der Waals surface area contributed by atoms with Crippen LogP contribution < -0.4 is 0 Å². The van der Waals surface area contributed by atoms with Crippen molar-refractivity contribution in [1.29, 1.82) is 0 Å². The van der Waals surface area contributed by atoms with E-state index in [9.17, 15) is 26.3 Å². The third-order valence-electron chi connectivity index (χ3n) is 4.48. The Morgan fingerprint density at radius 2 is 1.38 bits per heavy atom. The van der Waals surface area contributed by atoms with Crippen LogP contribution in [0.5, 0.6) is 0 Å². The summed E-state index contributed by atoms with van der Waals surface area (Å²) in [5.41, 5.74) is -4.34. The van der Waals surface area contributed by atoms with Crippen LogP contribution in [0.15, 0.2) is 0 Å². The topological polar surface area (TPSA) is 0 Å². The number of alkyl halides is 6. The van der Waals surface area contributed by atoms with Crippen molar-refractivity contribution in [2.75, 3.05) is 0 Å². The van der Waals surface area contributed by atoms with E-state index < -0.39 is 41.4 Å². The van der Waals surface area contributed by atoms with E-state index in [2.05, 4.69) is 0 Å². The van der Waals surface area contributed by atoms with E-state index in [0.29, 0.717) is 0 Å². The van der Waals surface area contributed by atoms with Crippen molar-refractivity contribution in [2.24, 2.45) is 23.7 Å². The third-order valence-corrected chi connectivity index (χ3v) is 4.48. The van der Waals surface area contributed by atoms with Gasteiger partial charge in [-0.25, -0.2) is 13.2 Å².